The third kappa shape index (κ3) is 4.98. The largest absolute Gasteiger partial charge is 0.143 e. The van der Waals surface area contributed by atoms with Crippen LogP contribution in [-0.4, -0.2) is 0 Å². The minimum absolute atomic E-state index is 1.20. The monoisotopic (exact) mass is 776 g/mol. The molecule has 8 aromatic carbocycles. The van der Waals surface area contributed by atoms with Crippen LogP contribution in [0.25, 0.3) is 85.5 Å². The topological polar surface area (TPSA) is 0 Å². The van der Waals surface area contributed by atoms with Gasteiger partial charge in [-0.25, -0.2) is 0 Å². The van der Waals surface area contributed by atoms with Crippen molar-refractivity contribution in [2.45, 2.75) is 0 Å². The van der Waals surface area contributed by atoms with Crippen LogP contribution < -0.4 is 0 Å². The summed E-state index contributed by atoms with van der Waals surface area (Å²) in [7, 11) is 0. The van der Waals surface area contributed by atoms with Gasteiger partial charge in [0, 0.05) is 29.1 Å². The number of hydrogen-bond donors (Lipinski definition) is 0. The highest BCUT2D eigenvalue weighted by Gasteiger charge is 2.17. The minimum atomic E-state index is 1.20. The van der Waals surface area contributed by atoms with Crippen LogP contribution in [0.2, 0.25) is 0 Å². The molecule has 0 aliphatic rings. The molecule has 0 fully saturated rings. The Morgan fingerprint density at radius 1 is 0.333 bits per heavy atom. The molecule has 2 heterocycles. The Labute approximate surface area is 303 Å². The molecule has 0 spiro atoms. The molecule has 0 saturated carbocycles. The van der Waals surface area contributed by atoms with E-state index in [1.54, 1.807) is 22.7 Å². The molecule has 228 valence electrons. The third-order valence-electron chi connectivity index (χ3n) is 9.18. The van der Waals surface area contributed by atoms with E-state index >= 15 is 0 Å². The van der Waals surface area contributed by atoms with Gasteiger partial charge in [0.2, 0.25) is 0 Å². The second-order valence-corrected chi connectivity index (χ2v) is 15.3. The van der Waals surface area contributed by atoms with Gasteiger partial charge >= 0.3 is 0 Å². The minimum Gasteiger partial charge on any atom is -0.143 e. The molecule has 0 aliphatic carbocycles. The summed E-state index contributed by atoms with van der Waals surface area (Å²) in [6, 6.07) is 52.3. The molecular formula is C44H26Br2S2. The highest BCUT2D eigenvalue weighted by Crippen LogP contribution is 2.46. The number of thiophene rings is 2. The lowest BCUT2D eigenvalue weighted by atomic mass is 9.93. The first-order valence-corrected chi connectivity index (χ1v) is 19.1. The fourth-order valence-corrected chi connectivity index (χ4v) is 10.3. The van der Waals surface area contributed by atoms with Crippen molar-refractivity contribution in [1.29, 1.82) is 0 Å². The van der Waals surface area contributed by atoms with Crippen molar-refractivity contribution in [3.05, 3.63) is 165 Å². The summed E-state index contributed by atoms with van der Waals surface area (Å²) in [4.78, 5) is 0. The fourth-order valence-electron chi connectivity index (χ4n) is 6.98. The fraction of sp³-hybridized carbons (Fsp3) is 0. The second-order valence-electron chi connectivity index (χ2n) is 11.9. The molecule has 48 heavy (non-hydrogen) atoms. The normalized spacial score (nSPS) is 11.5. The maximum Gasteiger partial charge on any atom is 0.0497 e. The predicted molar refractivity (Wildman–Crippen MR) is 220 cm³/mol. The number of fused-ring (bicyclic) bond motifs is 6. The Morgan fingerprint density at radius 2 is 0.667 bits per heavy atom. The van der Waals surface area contributed by atoms with Crippen molar-refractivity contribution in [1.82, 2.24) is 0 Å². The quantitative estimate of drug-likeness (QED) is 0.153. The lowest BCUT2D eigenvalue weighted by Crippen LogP contribution is -1.86. The summed E-state index contributed by atoms with van der Waals surface area (Å²) in [6.45, 7) is 0. The Bertz CT molecular complexity index is 2600. The zero-order valence-corrected chi connectivity index (χ0v) is 30.4. The molecule has 0 bridgehead atoms. The van der Waals surface area contributed by atoms with Crippen molar-refractivity contribution < 1.29 is 0 Å². The Kier molecular flexibility index (Phi) is 7.63. The average molecular weight is 779 g/mol. The van der Waals surface area contributed by atoms with Gasteiger partial charge in [-0.15, -0.1) is 22.7 Å². The van der Waals surface area contributed by atoms with Crippen molar-refractivity contribution in [2.75, 3.05) is 0 Å². The van der Waals surface area contributed by atoms with Crippen LogP contribution in [0.15, 0.2) is 165 Å². The Balaban J connectivity index is 0.000000131. The summed E-state index contributed by atoms with van der Waals surface area (Å²) in [5.74, 6) is 0. The Morgan fingerprint density at radius 3 is 1.04 bits per heavy atom. The molecule has 0 nitrogen and oxygen atoms in total. The van der Waals surface area contributed by atoms with E-state index in [0.29, 0.717) is 0 Å². The molecule has 0 aliphatic heterocycles. The van der Waals surface area contributed by atoms with Gasteiger partial charge in [0.15, 0.2) is 0 Å². The summed E-state index contributed by atoms with van der Waals surface area (Å²) < 4.78 is 5.04. The van der Waals surface area contributed by atoms with E-state index < -0.39 is 0 Å². The molecule has 0 N–H and O–H groups in total. The van der Waals surface area contributed by atoms with E-state index in [9.17, 15) is 0 Å². The van der Waals surface area contributed by atoms with Crippen LogP contribution in [0.4, 0.5) is 0 Å². The zero-order valence-electron chi connectivity index (χ0n) is 25.6. The highest BCUT2D eigenvalue weighted by atomic mass is 79.9. The van der Waals surface area contributed by atoms with E-state index in [4.69, 9.17) is 0 Å². The van der Waals surface area contributed by atoms with E-state index in [-0.39, 0.29) is 0 Å². The van der Waals surface area contributed by atoms with Crippen molar-refractivity contribution in [2.24, 2.45) is 0 Å². The predicted octanol–water partition coefficient (Wildman–Crippen LogP) is 15.3. The molecule has 10 aromatic rings. The van der Waals surface area contributed by atoms with Gasteiger partial charge < -0.3 is 0 Å². The van der Waals surface area contributed by atoms with Gasteiger partial charge in [-0.3, -0.25) is 0 Å². The van der Waals surface area contributed by atoms with Gasteiger partial charge in [0.25, 0.3) is 0 Å². The maximum atomic E-state index is 3.86. The first-order valence-electron chi connectivity index (χ1n) is 15.8. The number of benzene rings is 8. The summed E-state index contributed by atoms with van der Waals surface area (Å²) in [6.07, 6.45) is 0. The van der Waals surface area contributed by atoms with Crippen LogP contribution in [0, 0.1) is 0 Å². The van der Waals surface area contributed by atoms with Crippen molar-refractivity contribution >= 4 is 118 Å². The standard InChI is InChI=1S/2C22H13BrS/c2*23-21-19-13-16-9-5-4-8-15(16)12-18(19)20(14-6-2-1-3-7-14)17-10-11-24-22(17)21/h2*1-13H. The first kappa shape index (κ1) is 29.8. The molecular weight excluding hydrogens is 752 g/mol. The maximum absolute atomic E-state index is 3.86. The van der Waals surface area contributed by atoms with Gasteiger partial charge in [-0.2, -0.15) is 0 Å². The van der Waals surface area contributed by atoms with Crippen LogP contribution >= 0.6 is 54.5 Å². The molecule has 4 heteroatoms. The van der Waals surface area contributed by atoms with Crippen LogP contribution in [0.1, 0.15) is 0 Å². The molecule has 10 rings (SSSR count). The van der Waals surface area contributed by atoms with E-state index in [1.807, 2.05) is 0 Å². The second kappa shape index (κ2) is 12.3. The molecule has 0 amide bonds. The average Bonchev–Trinajstić information content (AvgIpc) is 3.83. The van der Waals surface area contributed by atoms with E-state index in [0.717, 1.165) is 0 Å². The summed E-state index contributed by atoms with van der Waals surface area (Å²) in [5.41, 5.74) is 5.20. The first-order chi connectivity index (χ1) is 23.7. The smallest absolute Gasteiger partial charge is 0.0497 e. The van der Waals surface area contributed by atoms with Crippen LogP contribution in [-0.2, 0) is 0 Å². The van der Waals surface area contributed by atoms with E-state index in [1.165, 1.54) is 94.5 Å². The lowest BCUT2D eigenvalue weighted by Gasteiger charge is -2.13. The van der Waals surface area contributed by atoms with Gasteiger partial charge in [0.05, 0.1) is 0 Å². The SMILES string of the molecule is Brc1c2cc3ccccc3cc2c(-c2ccccc2)c2ccsc12.Brc1c2cc3ccccc3cc2c(-c2ccccc2)c2ccsc12. The van der Waals surface area contributed by atoms with Crippen molar-refractivity contribution in [3.63, 3.8) is 0 Å². The molecule has 0 radical (unpaired) electrons. The van der Waals surface area contributed by atoms with E-state index in [2.05, 4.69) is 188 Å². The molecule has 0 unspecified atom stereocenters. The summed E-state index contributed by atoms with van der Waals surface area (Å²) in [5, 5.41) is 17.3. The van der Waals surface area contributed by atoms with Crippen LogP contribution in [0.3, 0.4) is 0 Å². The number of rotatable bonds is 2. The molecule has 2 aromatic heterocycles. The van der Waals surface area contributed by atoms with Gasteiger partial charge in [-0.1, -0.05) is 109 Å². The molecule has 0 saturated heterocycles. The number of halogens is 2. The lowest BCUT2D eigenvalue weighted by molar-refractivity contribution is 1.69. The third-order valence-corrected chi connectivity index (χ3v) is 13.2. The van der Waals surface area contributed by atoms with Crippen molar-refractivity contribution in [3.8, 4) is 22.3 Å². The zero-order chi connectivity index (χ0) is 32.2. The van der Waals surface area contributed by atoms with Gasteiger partial charge in [-0.05, 0) is 144 Å². The van der Waals surface area contributed by atoms with Crippen LogP contribution in [0.5, 0.6) is 0 Å². The highest BCUT2D eigenvalue weighted by molar-refractivity contribution is 9.11. The Hall–Kier alpha value is -4.32. The molecule has 0 atom stereocenters. The summed E-state index contributed by atoms with van der Waals surface area (Å²) >= 11 is 11.3. The van der Waals surface area contributed by atoms with Gasteiger partial charge in [0.1, 0.15) is 0 Å². The number of hydrogen-bond acceptors (Lipinski definition) is 2.